The summed E-state index contributed by atoms with van der Waals surface area (Å²) in [6.45, 7) is 0. The number of nitro groups is 1. The number of hydrogen-bond acceptors (Lipinski definition) is 7. The van der Waals surface area contributed by atoms with Gasteiger partial charge in [-0.25, -0.2) is 0 Å². The Morgan fingerprint density at radius 2 is 2.10 bits per heavy atom. The zero-order valence-corrected chi connectivity index (χ0v) is 16.3. The molecule has 0 fully saturated rings. The fourth-order valence-corrected chi connectivity index (χ4v) is 3.82. The smallest absolute Gasteiger partial charge is 0.325 e. The van der Waals surface area contributed by atoms with Gasteiger partial charge in [0.2, 0.25) is 5.91 Å². The number of alkyl halides is 3. The Morgan fingerprint density at radius 3 is 2.72 bits per heavy atom. The first kappa shape index (κ1) is 20.8. The number of halogens is 3. The van der Waals surface area contributed by atoms with E-state index >= 15 is 0 Å². The average molecular weight is 443 g/mol. The van der Waals surface area contributed by atoms with Crippen molar-refractivity contribution in [3.05, 3.63) is 51.4 Å². The highest BCUT2D eigenvalue weighted by molar-refractivity contribution is 7.99. The summed E-state index contributed by atoms with van der Waals surface area (Å²) >= 11 is 2.48. The monoisotopic (exact) mass is 443 g/mol. The fraction of sp³-hybridized carbons (Fsp3) is 0.188. The van der Waals surface area contributed by atoms with Gasteiger partial charge in [-0.3, -0.25) is 14.9 Å². The number of nitrogens with zero attached hydrogens (tertiary/aromatic N) is 4. The Morgan fingerprint density at radius 1 is 1.34 bits per heavy atom. The van der Waals surface area contributed by atoms with E-state index in [1.165, 1.54) is 11.3 Å². The lowest BCUT2D eigenvalue weighted by atomic mass is 10.1. The van der Waals surface area contributed by atoms with Crippen LogP contribution in [0.5, 0.6) is 0 Å². The van der Waals surface area contributed by atoms with Crippen molar-refractivity contribution in [2.45, 2.75) is 11.3 Å². The number of carbonyl (C=O) groups excluding carboxylic acids is 1. The molecular formula is C16H12F3N5O3S2. The Kier molecular flexibility index (Phi) is 5.88. The lowest BCUT2D eigenvalue weighted by Crippen LogP contribution is -2.18. The number of rotatable bonds is 6. The van der Waals surface area contributed by atoms with Crippen molar-refractivity contribution in [1.82, 2.24) is 14.8 Å². The van der Waals surface area contributed by atoms with Gasteiger partial charge in [0.1, 0.15) is 0 Å². The summed E-state index contributed by atoms with van der Waals surface area (Å²) in [6, 6.07) is 5.87. The van der Waals surface area contributed by atoms with E-state index in [4.69, 9.17) is 0 Å². The number of nitro benzene ring substituents is 1. The van der Waals surface area contributed by atoms with Gasteiger partial charge in [-0.15, -0.1) is 21.5 Å². The Hall–Kier alpha value is -2.93. The van der Waals surface area contributed by atoms with E-state index < -0.39 is 33.9 Å². The van der Waals surface area contributed by atoms with E-state index in [0.29, 0.717) is 17.0 Å². The number of thiophene rings is 1. The maximum Gasteiger partial charge on any atom is 0.418 e. The van der Waals surface area contributed by atoms with Gasteiger partial charge >= 0.3 is 6.18 Å². The summed E-state index contributed by atoms with van der Waals surface area (Å²) < 4.78 is 41.2. The largest absolute Gasteiger partial charge is 0.418 e. The number of carbonyl (C=O) groups is 1. The molecule has 0 aliphatic heterocycles. The number of non-ortho nitro benzene ring substituents is 1. The first-order chi connectivity index (χ1) is 13.7. The molecule has 3 aromatic rings. The highest BCUT2D eigenvalue weighted by Crippen LogP contribution is 2.37. The van der Waals surface area contributed by atoms with Crippen LogP contribution in [-0.4, -0.2) is 31.3 Å². The van der Waals surface area contributed by atoms with Crippen LogP contribution in [0.2, 0.25) is 0 Å². The van der Waals surface area contributed by atoms with Gasteiger partial charge in [0.25, 0.3) is 5.69 Å². The minimum absolute atomic E-state index is 0.218. The maximum absolute atomic E-state index is 13.2. The summed E-state index contributed by atoms with van der Waals surface area (Å²) in [6.07, 6.45) is -4.86. The van der Waals surface area contributed by atoms with E-state index in [1.807, 2.05) is 17.5 Å². The van der Waals surface area contributed by atoms with E-state index in [0.717, 1.165) is 28.8 Å². The standard InChI is InChI=1S/C16H12F3N5O3S2/c1-23-14(12-3-2-6-28-12)21-22-15(23)29-8-13(25)20-11-5-4-9(24(26)27)7-10(11)16(17,18)19/h2-7H,8H2,1H3,(H,20,25). The Balaban J connectivity index is 1.71. The highest BCUT2D eigenvalue weighted by atomic mass is 32.2. The molecule has 13 heteroatoms. The molecule has 2 heterocycles. The van der Waals surface area contributed by atoms with Gasteiger partial charge in [0.05, 0.1) is 26.8 Å². The first-order valence-electron chi connectivity index (χ1n) is 7.88. The van der Waals surface area contributed by atoms with Crippen LogP contribution in [0.3, 0.4) is 0 Å². The minimum Gasteiger partial charge on any atom is -0.325 e. The third kappa shape index (κ3) is 4.74. The first-order valence-corrected chi connectivity index (χ1v) is 9.75. The number of thioether (sulfide) groups is 1. The van der Waals surface area contributed by atoms with Gasteiger partial charge in [-0.1, -0.05) is 17.8 Å². The van der Waals surface area contributed by atoms with Crippen molar-refractivity contribution in [3.63, 3.8) is 0 Å². The van der Waals surface area contributed by atoms with Gasteiger partial charge in [-0.2, -0.15) is 13.2 Å². The molecule has 152 valence electrons. The molecule has 1 N–H and O–H groups in total. The van der Waals surface area contributed by atoms with Crippen LogP contribution < -0.4 is 5.32 Å². The Bertz CT molecular complexity index is 1050. The van der Waals surface area contributed by atoms with Crippen LogP contribution in [0.4, 0.5) is 24.5 Å². The summed E-state index contributed by atoms with van der Waals surface area (Å²) in [5, 5.41) is 23.2. The number of anilines is 1. The molecule has 3 rings (SSSR count). The molecular weight excluding hydrogens is 431 g/mol. The van der Waals surface area contributed by atoms with Crippen LogP contribution in [0, 0.1) is 10.1 Å². The molecule has 0 aliphatic carbocycles. The number of benzene rings is 1. The molecule has 0 atom stereocenters. The van der Waals surface area contributed by atoms with E-state index in [-0.39, 0.29) is 5.75 Å². The summed E-state index contributed by atoms with van der Waals surface area (Å²) in [5.41, 5.74) is -2.56. The average Bonchev–Trinajstić information content (AvgIpc) is 3.29. The van der Waals surface area contributed by atoms with Crippen LogP contribution in [0.15, 0.2) is 40.9 Å². The van der Waals surface area contributed by atoms with Crippen molar-refractivity contribution in [2.24, 2.45) is 7.05 Å². The lowest BCUT2D eigenvalue weighted by molar-refractivity contribution is -0.385. The second-order valence-corrected chi connectivity index (χ2v) is 7.55. The second-order valence-electron chi connectivity index (χ2n) is 5.66. The summed E-state index contributed by atoms with van der Waals surface area (Å²) in [7, 11) is 1.72. The van der Waals surface area contributed by atoms with Crippen LogP contribution >= 0.6 is 23.1 Å². The number of aromatic nitrogens is 3. The number of nitrogens with one attached hydrogen (secondary N) is 1. The molecule has 0 aliphatic rings. The van der Waals surface area contributed by atoms with Crippen LogP contribution in [0.25, 0.3) is 10.7 Å². The van der Waals surface area contributed by atoms with Crippen molar-refractivity contribution in [1.29, 1.82) is 0 Å². The van der Waals surface area contributed by atoms with Crippen LogP contribution in [-0.2, 0) is 18.0 Å². The zero-order chi connectivity index (χ0) is 21.2. The topological polar surface area (TPSA) is 103 Å². The lowest BCUT2D eigenvalue weighted by Gasteiger charge is -2.13. The third-order valence-electron chi connectivity index (χ3n) is 3.70. The quantitative estimate of drug-likeness (QED) is 0.348. The highest BCUT2D eigenvalue weighted by Gasteiger charge is 2.35. The molecule has 0 radical (unpaired) electrons. The molecule has 0 spiro atoms. The van der Waals surface area contributed by atoms with Crippen LogP contribution in [0.1, 0.15) is 5.56 Å². The van der Waals surface area contributed by atoms with Crippen molar-refractivity contribution in [3.8, 4) is 10.7 Å². The van der Waals surface area contributed by atoms with E-state index in [9.17, 15) is 28.1 Å². The van der Waals surface area contributed by atoms with Gasteiger partial charge in [0.15, 0.2) is 11.0 Å². The number of amides is 1. The maximum atomic E-state index is 13.2. The molecule has 2 aromatic heterocycles. The van der Waals surface area contributed by atoms with Crippen molar-refractivity contribution < 1.29 is 22.9 Å². The predicted octanol–water partition coefficient (Wildman–Crippen LogP) is 4.20. The predicted molar refractivity (Wildman–Crippen MR) is 102 cm³/mol. The van der Waals surface area contributed by atoms with Crippen molar-refractivity contribution >= 4 is 40.4 Å². The molecule has 8 nitrogen and oxygen atoms in total. The number of hydrogen-bond donors (Lipinski definition) is 1. The van der Waals surface area contributed by atoms with Gasteiger partial charge in [-0.05, 0) is 17.5 Å². The van der Waals surface area contributed by atoms with Gasteiger partial charge < -0.3 is 9.88 Å². The van der Waals surface area contributed by atoms with E-state index in [1.54, 1.807) is 11.6 Å². The fourth-order valence-electron chi connectivity index (χ4n) is 2.37. The van der Waals surface area contributed by atoms with Gasteiger partial charge in [0, 0.05) is 19.2 Å². The SMILES string of the molecule is Cn1c(SCC(=O)Nc2ccc([N+](=O)[O-])cc2C(F)(F)F)nnc1-c1cccs1. The zero-order valence-electron chi connectivity index (χ0n) is 14.6. The molecule has 0 saturated carbocycles. The molecule has 1 amide bonds. The molecule has 0 unspecified atom stereocenters. The third-order valence-corrected chi connectivity index (χ3v) is 5.59. The normalized spacial score (nSPS) is 11.4. The molecule has 0 bridgehead atoms. The minimum atomic E-state index is -4.86. The molecule has 29 heavy (non-hydrogen) atoms. The van der Waals surface area contributed by atoms with E-state index in [2.05, 4.69) is 15.5 Å². The Labute approximate surface area is 169 Å². The molecule has 1 aromatic carbocycles. The second kappa shape index (κ2) is 8.21. The summed E-state index contributed by atoms with van der Waals surface area (Å²) in [4.78, 5) is 22.8. The molecule has 0 saturated heterocycles. The summed E-state index contributed by atoms with van der Waals surface area (Å²) in [5.74, 6) is -0.322. The van der Waals surface area contributed by atoms with Crippen molar-refractivity contribution in [2.75, 3.05) is 11.1 Å².